The highest BCUT2D eigenvalue weighted by Gasteiger charge is 2.16. The molecule has 5 heteroatoms. The van der Waals surface area contributed by atoms with Gasteiger partial charge in [-0.1, -0.05) is 25.2 Å². The van der Waals surface area contributed by atoms with Crippen molar-refractivity contribution in [2.45, 2.75) is 20.8 Å². The van der Waals surface area contributed by atoms with Gasteiger partial charge >= 0.3 is 6.72 Å². The monoisotopic (exact) mass is 197 g/mol. The van der Waals surface area contributed by atoms with Crippen molar-refractivity contribution in [3.05, 3.63) is 0 Å². The fourth-order valence-electron chi connectivity index (χ4n) is 0.470. The summed E-state index contributed by atoms with van der Waals surface area (Å²) in [6.07, 6.45) is 0. The van der Waals surface area contributed by atoms with Crippen LogP contribution in [0.4, 0.5) is 0 Å². The van der Waals surface area contributed by atoms with Gasteiger partial charge in [-0.15, -0.1) is 0 Å². The van der Waals surface area contributed by atoms with E-state index in [1.807, 2.05) is 0 Å². The molecule has 0 saturated carbocycles. The van der Waals surface area contributed by atoms with Crippen molar-refractivity contribution in [3.8, 4) is 0 Å². The number of nitrogens with two attached hydrogens (primary N) is 1. The summed E-state index contributed by atoms with van der Waals surface area (Å²) in [5.41, 5.74) is 5.37. The highest BCUT2D eigenvalue weighted by Crippen LogP contribution is 2.52. The molecular weight excluding hydrogens is 181 g/mol. The van der Waals surface area contributed by atoms with Crippen molar-refractivity contribution >= 4 is 18.1 Å². The minimum absolute atomic E-state index is 0.416. The Balaban J connectivity index is 3.64. The Hall–Kier alpha value is 0.500. The van der Waals surface area contributed by atoms with Gasteiger partial charge in [0.15, 0.2) is 0 Å². The first-order valence-electron chi connectivity index (χ1n) is 3.65. The molecule has 0 heterocycles. The van der Waals surface area contributed by atoms with Crippen LogP contribution in [0.15, 0.2) is 0 Å². The van der Waals surface area contributed by atoms with E-state index in [1.165, 1.54) is 11.4 Å². The third kappa shape index (κ3) is 6.88. The van der Waals surface area contributed by atoms with E-state index in [9.17, 15) is 4.57 Å². The van der Waals surface area contributed by atoms with Crippen LogP contribution in [0.2, 0.25) is 0 Å². The Kier molecular flexibility index (Phi) is 5.44. The van der Waals surface area contributed by atoms with Gasteiger partial charge in [0, 0.05) is 5.75 Å². The molecule has 0 radical (unpaired) electrons. The molecule has 0 aromatic heterocycles. The Bertz CT molecular complexity index is 152. The second kappa shape index (κ2) is 5.20. The Morgan fingerprint density at radius 2 is 2.18 bits per heavy atom. The first-order chi connectivity index (χ1) is 4.98. The summed E-state index contributed by atoms with van der Waals surface area (Å²) in [5, 5.41) is 0. The standard InChI is InChI=1S/C6H16NO2PS/c1-4-9-10(7,8)11-5-6(2)3/h6H,4-5H2,1-3H3,(H2,7,8). The fraction of sp³-hybridized carbons (Fsp3) is 1.00. The molecule has 68 valence electrons. The van der Waals surface area contributed by atoms with Crippen molar-refractivity contribution in [2.24, 2.45) is 11.4 Å². The van der Waals surface area contributed by atoms with Crippen LogP contribution >= 0.6 is 18.1 Å². The van der Waals surface area contributed by atoms with Crippen molar-refractivity contribution in [1.82, 2.24) is 0 Å². The zero-order chi connectivity index (χ0) is 8.91. The van der Waals surface area contributed by atoms with Crippen molar-refractivity contribution < 1.29 is 9.09 Å². The second-order valence-electron chi connectivity index (χ2n) is 2.65. The van der Waals surface area contributed by atoms with Gasteiger partial charge < -0.3 is 4.52 Å². The Morgan fingerprint density at radius 3 is 2.55 bits per heavy atom. The fourth-order valence-corrected chi connectivity index (χ4v) is 3.47. The molecule has 0 rings (SSSR count). The number of hydrogen-bond acceptors (Lipinski definition) is 3. The van der Waals surface area contributed by atoms with Gasteiger partial charge in [0.2, 0.25) is 0 Å². The summed E-state index contributed by atoms with van der Waals surface area (Å²) in [6, 6.07) is 0. The molecule has 1 unspecified atom stereocenters. The van der Waals surface area contributed by atoms with Gasteiger partial charge in [0.25, 0.3) is 0 Å². The predicted molar refractivity (Wildman–Crippen MR) is 50.7 cm³/mol. The van der Waals surface area contributed by atoms with E-state index in [0.717, 1.165) is 5.75 Å². The molecule has 0 aliphatic rings. The average molecular weight is 197 g/mol. The zero-order valence-corrected chi connectivity index (χ0v) is 8.95. The first kappa shape index (κ1) is 11.5. The number of rotatable bonds is 5. The highest BCUT2D eigenvalue weighted by molar-refractivity contribution is 8.55. The molecule has 0 amide bonds. The summed E-state index contributed by atoms with van der Waals surface area (Å²) in [7, 11) is 0. The van der Waals surface area contributed by atoms with Crippen LogP contribution in [0.5, 0.6) is 0 Å². The van der Waals surface area contributed by atoms with E-state index in [4.69, 9.17) is 10.0 Å². The van der Waals surface area contributed by atoms with Crippen LogP contribution in [0.25, 0.3) is 0 Å². The Labute approximate surface area is 72.3 Å². The molecule has 0 fully saturated rings. The van der Waals surface area contributed by atoms with Gasteiger partial charge in [0.05, 0.1) is 6.61 Å². The molecule has 2 N–H and O–H groups in total. The van der Waals surface area contributed by atoms with E-state index in [2.05, 4.69) is 13.8 Å². The van der Waals surface area contributed by atoms with Crippen LogP contribution in [0, 0.1) is 5.92 Å². The highest BCUT2D eigenvalue weighted by atomic mass is 32.7. The van der Waals surface area contributed by atoms with Crippen LogP contribution in [0.1, 0.15) is 20.8 Å². The van der Waals surface area contributed by atoms with Gasteiger partial charge in [0.1, 0.15) is 0 Å². The SMILES string of the molecule is CCOP(N)(=O)SCC(C)C. The quantitative estimate of drug-likeness (QED) is 0.688. The summed E-state index contributed by atoms with van der Waals surface area (Å²) in [4.78, 5) is 0. The number of hydrogen-bond donors (Lipinski definition) is 1. The van der Waals surface area contributed by atoms with Crippen LogP contribution in [-0.4, -0.2) is 12.4 Å². The van der Waals surface area contributed by atoms with Gasteiger partial charge in [-0.25, -0.2) is 0 Å². The lowest BCUT2D eigenvalue weighted by Gasteiger charge is -2.11. The maximum Gasteiger partial charge on any atom is 0.323 e. The topological polar surface area (TPSA) is 52.3 Å². The molecule has 0 aliphatic heterocycles. The molecule has 1 atom stereocenters. The maximum absolute atomic E-state index is 11.2. The predicted octanol–water partition coefficient (Wildman–Crippen LogP) is 2.48. The normalized spacial score (nSPS) is 16.8. The van der Waals surface area contributed by atoms with Gasteiger partial charge in [-0.3, -0.25) is 10.1 Å². The van der Waals surface area contributed by atoms with E-state index in [-0.39, 0.29) is 0 Å². The molecule has 3 nitrogen and oxygen atoms in total. The molecular formula is C6H16NO2PS. The third-order valence-corrected chi connectivity index (χ3v) is 4.53. The van der Waals surface area contributed by atoms with E-state index >= 15 is 0 Å². The average Bonchev–Trinajstić information content (AvgIpc) is 1.84. The summed E-state index contributed by atoms with van der Waals surface area (Å²) < 4.78 is 16.1. The minimum atomic E-state index is -2.83. The van der Waals surface area contributed by atoms with Crippen LogP contribution in [-0.2, 0) is 9.09 Å². The van der Waals surface area contributed by atoms with Crippen LogP contribution < -0.4 is 5.50 Å². The zero-order valence-electron chi connectivity index (χ0n) is 7.24. The third-order valence-electron chi connectivity index (χ3n) is 0.897. The Morgan fingerprint density at radius 1 is 1.64 bits per heavy atom. The lowest BCUT2D eigenvalue weighted by Crippen LogP contribution is -1.99. The second-order valence-corrected chi connectivity index (χ2v) is 6.88. The van der Waals surface area contributed by atoms with E-state index in [1.54, 1.807) is 6.92 Å². The maximum atomic E-state index is 11.2. The van der Waals surface area contributed by atoms with Gasteiger partial charge in [-0.05, 0) is 12.8 Å². The molecule has 0 bridgehead atoms. The largest absolute Gasteiger partial charge is 0.323 e. The molecule has 11 heavy (non-hydrogen) atoms. The lowest BCUT2D eigenvalue weighted by molar-refractivity contribution is 0.346. The molecule has 0 aromatic carbocycles. The first-order valence-corrected chi connectivity index (χ1v) is 6.94. The molecule has 0 spiro atoms. The van der Waals surface area contributed by atoms with Gasteiger partial charge in [-0.2, -0.15) is 0 Å². The molecule has 0 aliphatic carbocycles. The molecule has 0 aromatic rings. The van der Waals surface area contributed by atoms with Crippen LogP contribution in [0.3, 0.4) is 0 Å². The molecule has 0 saturated heterocycles. The summed E-state index contributed by atoms with van der Waals surface area (Å²) in [6.45, 7) is 3.48. The summed E-state index contributed by atoms with van der Waals surface area (Å²) in [5.74, 6) is 1.28. The van der Waals surface area contributed by atoms with Crippen molar-refractivity contribution in [2.75, 3.05) is 12.4 Å². The summed E-state index contributed by atoms with van der Waals surface area (Å²) >= 11 is 1.22. The lowest BCUT2D eigenvalue weighted by atomic mass is 10.3. The van der Waals surface area contributed by atoms with E-state index in [0.29, 0.717) is 12.5 Å². The van der Waals surface area contributed by atoms with E-state index < -0.39 is 6.72 Å². The van der Waals surface area contributed by atoms with Crippen molar-refractivity contribution in [3.63, 3.8) is 0 Å². The van der Waals surface area contributed by atoms with Crippen molar-refractivity contribution in [1.29, 1.82) is 0 Å². The minimum Gasteiger partial charge on any atom is -0.310 e. The smallest absolute Gasteiger partial charge is 0.310 e.